The first kappa shape index (κ1) is 12.9. The second-order valence-corrected chi connectivity index (χ2v) is 4.89. The molecule has 0 bridgehead atoms. The van der Waals surface area contributed by atoms with E-state index in [1.165, 1.54) is 11.3 Å². The molecule has 0 aliphatic carbocycles. The number of nitrogens with one attached hydrogen (secondary N) is 1. The van der Waals surface area contributed by atoms with Crippen molar-refractivity contribution in [1.82, 2.24) is 4.98 Å². The molecule has 0 atom stereocenters. The van der Waals surface area contributed by atoms with E-state index in [0.29, 0.717) is 9.73 Å². The summed E-state index contributed by atoms with van der Waals surface area (Å²) < 4.78 is 27.4. The van der Waals surface area contributed by atoms with Crippen molar-refractivity contribution in [2.45, 2.75) is 0 Å². The smallest absolute Gasteiger partial charge is 0.341 e. The van der Waals surface area contributed by atoms with Gasteiger partial charge in [-0.1, -0.05) is 0 Å². The SMILES string of the molecule is O=C(O)c1c(F)cc(Nc2nc(Br)cs2)cc1F. The van der Waals surface area contributed by atoms with Crippen molar-refractivity contribution in [2.75, 3.05) is 5.32 Å². The van der Waals surface area contributed by atoms with Gasteiger partial charge in [-0.3, -0.25) is 0 Å². The van der Waals surface area contributed by atoms with Crippen LogP contribution in [0.3, 0.4) is 0 Å². The van der Waals surface area contributed by atoms with Crippen LogP contribution in [0.1, 0.15) is 10.4 Å². The van der Waals surface area contributed by atoms with Gasteiger partial charge in [0, 0.05) is 11.1 Å². The topological polar surface area (TPSA) is 62.2 Å². The average molecular weight is 335 g/mol. The van der Waals surface area contributed by atoms with Crippen LogP contribution in [0.4, 0.5) is 19.6 Å². The van der Waals surface area contributed by atoms with Crippen molar-refractivity contribution in [1.29, 1.82) is 0 Å². The van der Waals surface area contributed by atoms with Crippen LogP contribution in [0.15, 0.2) is 22.1 Å². The molecule has 8 heteroatoms. The molecule has 0 aliphatic rings. The third-order valence-corrected chi connectivity index (χ3v) is 3.45. The van der Waals surface area contributed by atoms with E-state index in [4.69, 9.17) is 5.11 Å². The molecule has 0 saturated heterocycles. The molecule has 0 spiro atoms. The van der Waals surface area contributed by atoms with Crippen molar-refractivity contribution >= 4 is 44.1 Å². The van der Waals surface area contributed by atoms with E-state index >= 15 is 0 Å². The number of hydrogen-bond acceptors (Lipinski definition) is 4. The van der Waals surface area contributed by atoms with Crippen molar-refractivity contribution in [3.05, 3.63) is 39.3 Å². The fourth-order valence-electron chi connectivity index (χ4n) is 1.28. The lowest BCUT2D eigenvalue weighted by Crippen LogP contribution is -2.05. The van der Waals surface area contributed by atoms with Crippen molar-refractivity contribution in [2.24, 2.45) is 0 Å². The van der Waals surface area contributed by atoms with Crippen molar-refractivity contribution in [3.8, 4) is 0 Å². The monoisotopic (exact) mass is 334 g/mol. The molecular formula is C10H5BrF2N2O2S. The van der Waals surface area contributed by atoms with Gasteiger partial charge in [-0.05, 0) is 28.1 Å². The summed E-state index contributed by atoms with van der Waals surface area (Å²) in [7, 11) is 0. The van der Waals surface area contributed by atoms with Gasteiger partial charge < -0.3 is 10.4 Å². The summed E-state index contributed by atoms with van der Waals surface area (Å²) in [5.41, 5.74) is -0.877. The number of benzene rings is 1. The Labute approximate surface area is 112 Å². The van der Waals surface area contributed by atoms with Crippen LogP contribution in [-0.2, 0) is 0 Å². The molecule has 18 heavy (non-hydrogen) atoms. The fraction of sp³-hybridized carbons (Fsp3) is 0. The van der Waals surface area contributed by atoms with E-state index in [2.05, 4.69) is 26.2 Å². The van der Waals surface area contributed by atoms with Crippen LogP contribution in [0, 0.1) is 11.6 Å². The number of rotatable bonds is 3. The van der Waals surface area contributed by atoms with Gasteiger partial charge in [0.15, 0.2) is 5.13 Å². The number of carboxylic acids is 1. The van der Waals surface area contributed by atoms with E-state index in [1.54, 1.807) is 5.38 Å². The number of anilines is 2. The van der Waals surface area contributed by atoms with Gasteiger partial charge in [0.05, 0.1) is 0 Å². The number of carboxylic acid groups (broad SMARTS) is 1. The zero-order chi connectivity index (χ0) is 13.3. The molecule has 0 unspecified atom stereocenters. The molecule has 2 aromatic rings. The van der Waals surface area contributed by atoms with Gasteiger partial charge in [-0.25, -0.2) is 18.6 Å². The third kappa shape index (κ3) is 2.65. The molecule has 1 aromatic heterocycles. The average Bonchev–Trinajstić information content (AvgIpc) is 2.62. The van der Waals surface area contributed by atoms with E-state index in [1.807, 2.05) is 0 Å². The first-order valence-corrected chi connectivity index (χ1v) is 6.25. The van der Waals surface area contributed by atoms with E-state index in [-0.39, 0.29) is 5.69 Å². The first-order valence-electron chi connectivity index (χ1n) is 4.58. The molecule has 0 aliphatic heterocycles. The number of thiazole rings is 1. The van der Waals surface area contributed by atoms with Crippen molar-refractivity contribution in [3.63, 3.8) is 0 Å². The molecule has 1 heterocycles. The summed E-state index contributed by atoms with van der Waals surface area (Å²) in [5, 5.41) is 13.4. The lowest BCUT2D eigenvalue weighted by atomic mass is 10.2. The predicted molar refractivity (Wildman–Crippen MR) is 66.4 cm³/mol. The number of nitrogens with zero attached hydrogens (tertiary/aromatic N) is 1. The highest BCUT2D eigenvalue weighted by Crippen LogP contribution is 2.26. The highest BCUT2D eigenvalue weighted by Gasteiger charge is 2.18. The van der Waals surface area contributed by atoms with Crippen LogP contribution in [0.5, 0.6) is 0 Å². The van der Waals surface area contributed by atoms with Gasteiger partial charge in [0.25, 0.3) is 0 Å². The Morgan fingerprint density at radius 3 is 2.44 bits per heavy atom. The largest absolute Gasteiger partial charge is 0.477 e. The lowest BCUT2D eigenvalue weighted by molar-refractivity contribution is 0.0686. The summed E-state index contributed by atoms with van der Waals surface area (Å²) in [5.74, 6) is -3.92. The normalized spacial score (nSPS) is 10.4. The Hall–Kier alpha value is -1.54. The summed E-state index contributed by atoms with van der Waals surface area (Å²) >= 11 is 4.37. The molecule has 94 valence electrons. The maximum absolute atomic E-state index is 13.4. The minimum Gasteiger partial charge on any atom is -0.477 e. The second-order valence-electron chi connectivity index (χ2n) is 3.22. The Bertz CT molecular complexity index is 595. The Morgan fingerprint density at radius 2 is 2.00 bits per heavy atom. The van der Waals surface area contributed by atoms with Crippen LogP contribution < -0.4 is 5.32 Å². The van der Waals surface area contributed by atoms with E-state index in [0.717, 1.165) is 12.1 Å². The Morgan fingerprint density at radius 1 is 1.39 bits per heavy atom. The number of hydrogen-bond donors (Lipinski definition) is 2. The minimum absolute atomic E-state index is 0.0943. The van der Waals surface area contributed by atoms with Gasteiger partial charge in [0.2, 0.25) is 0 Å². The molecular weight excluding hydrogens is 330 g/mol. The lowest BCUT2D eigenvalue weighted by Gasteiger charge is -2.05. The molecule has 2 rings (SSSR count). The Balaban J connectivity index is 2.33. The number of aromatic carboxylic acids is 1. The minimum atomic E-state index is -1.64. The van der Waals surface area contributed by atoms with Gasteiger partial charge in [-0.2, -0.15) is 0 Å². The Kier molecular flexibility index (Phi) is 3.58. The van der Waals surface area contributed by atoms with Crippen LogP contribution in [0.2, 0.25) is 0 Å². The molecule has 0 amide bonds. The van der Waals surface area contributed by atoms with Gasteiger partial charge in [-0.15, -0.1) is 11.3 Å². The maximum atomic E-state index is 13.4. The number of halogens is 3. The summed E-state index contributed by atoms with van der Waals surface area (Å²) in [6.07, 6.45) is 0. The van der Waals surface area contributed by atoms with Gasteiger partial charge in [0.1, 0.15) is 21.8 Å². The highest BCUT2D eigenvalue weighted by molar-refractivity contribution is 9.10. The zero-order valence-corrected chi connectivity index (χ0v) is 11.0. The summed E-state index contributed by atoms with van der Waals surface area (Å²) in [6, 6.07) is 1.81. The fourth-order valence-corrected chi connectivity index (χ4v) is 2.45. The summed E-state index contributed by atoms with van der Waals surface area (Å²) in [6.45, 7) is 0. The van der Waals surface area contributed by atoms with Crippen molar-refractivity contribution < 1.29 is 18.7 Å². The molecule has 0 saturated carbocycles. The second kappa shape index (κ2) is 4.99. The molecule has 4 nitrogen and oxygen atoms in total. The van der Waals surface area contributed by atoms with E-state index < -0.39 is 23.2 Å². The molecule has 0 fully saturated rings. The van der Waals surface area contributed by atoms with Gasteiger partial charge >= 0.3 is 5.97 Å². The third-order valence-electron chi connectivity index (χ3n) is 1.98. The highest BCUT2D eigenvalue weighted by atomic mass is 79.9. The standard InChI is InChI=1S/C10H5BrF2N2O2S/c11-7-3-18-10(15-7)14-4-1-5(12)8(9(16)17)6(13)2-4/h1-3H,(H,14,15)(H,16,17). The van der Waals surface area contributed by atoms with Crippen LogP contribution in [-0.4, -0.2) is 16.1 Å². The quantitative estimate of drug-likeness (QED) is 0.899. The molecule has 1 aromatic carbocycles. The number of aromatic nitrogens is 1. The van der Waals surface area contributed by atoms with Crippen LogP contribution >= 0.6 is 27.3 Å². The first-order chi connectivity index (χ1) is 8.47. The molecule has 2 N–H and O–H groups in total. The molecule has 0 radical (unpaired) electrons. The van der Waals surface area contributed by atoms with E-state index in [9.17, 15) is 13.6 Å². The summed E-state index contributed by atoms with van der Waals surface area (Å²) in [4.78, 5) is 14.6. The predicted octanol–water partition coefficient (Wildman–Crippen LogP) is 3.63. The number of carbonyl (C=O) groups is 1. The maximum Gasteiger partial charge on any atom is 0.341 e. The zero-order valence-electron chi connectivity index (χ0n) is 8.58. The van der Waals surface area contributed by atoms with Crippen LogP contribution in [0.25, 0.3) is 0 Å².